The topological polar surface area (TPSA) is 60.0 Å². The number of imidazole rings is 1. The predicted octanol–water partition coefficient (Wildman–Crippen LogP) is 3.69. The molecule has 1 aliphatic heterocycles. The van der Waals surface area contributed by atoms with Crippen molar-refractivity contribution in [3.05, 3.63) is 54.4 Å². The Labute approximate surface area is 153 Å². The molecule has 136 valence electrons. The quantitative estimate of drug-likeness (QED) is 0.678. The van der Waals surface area contributed by atoms with Crippen LogP contribution in [-0.4, -0.2) is 37.2 Å². The maximum Gasteiger partial charge on any atom is 0.151 e. The summed E-state index contributed by atoms with van der Waals surface area (Å²) in [5.41, 5.74) is 1.66. The van der Waals surface area contributed by atoms with Gasteiger partial charge in [0.1, 0.15) is 11.5 Å². The highest BCUT2D eigenvalue weighted by Gasteiger charge is 2.24. The first-order valence-electron chi connectivity index (χ1n) is 9.38. The summed E-state index contributed by atoms with van der Waals surface area (Å²) in [5, 5.41) is 4.20. The number of likely N-dealkylation sites (tertiary alicyclic amines) is 1. The summed E-state index contributed by atoms with van der Waals surface area (Å²) >= 11 is 0. The van der Waals surface area contributed by atoms with Crippen LogP contribution in [0.3, 0.4) is 0 Å². The van der Waals surface area contributed by atoms with E-state index in [0.29, 0.717) is 6.04 Å². The van der Waals surface area contributed by atoms with Gasteiger partial charge >= 0.3 is 0 Å². The van der Waals surface area contributed by atoms with E-state index in [2.05, 4.69) is 37.7 Å². The van der Waals surface area contributed by atoms with Gasteiger partial charge in [-0.25, -0.2) is 4.98 Å². The molecule has 1 saturated heterocycles. The van der Waals surface area contributed by atoms with Gasteiger partial charge in [0.2, 0.25) is 0 Å². The standard InChI is InChI=1S/C20H25N5O/c1-16-21-10-13-24(16)12-8-17-6-3-5-11-25(17)15-18-14-20(23-26-18)19-7-2-4-9-22-19/h2,4,7,9-10,13-14,17H,3,5-6,8,11-12,15H2,1H3. The summed E-state index contributed by atoms with van der Waals surface area (Å²) in [4.78, 5) is 11.2. The highest BCUT2D eigenvalue weighted by atomic mass is 16.5. The van der Waals surface area contributed by atoms with Crippen LogP contribution in [0.4, 0.5) is 0 Å². The van der Waals surface area contributed by atoms with Gasteiger partial charge in [0.15, 0.2) is 5.76 Å². The van der Waals surface area contributed by atoms with E-state index < -0.39 is 0 Å². The molecule has 3 aromatic heterocycles. The second-order valence-corrected chi connectivity index (χ2v) is 6.97. The van der Waals surface area contributed by atoms with Crippen LogP contribution in [0.2, 0.25) is 0 Å². The molecule has 0 bridgehead atoms. The number of nitrogens with zero attached hydrogens (tertiary/aromatic N) is 5. The predicted molar refractivity (Wildman–Crippen MR) is 99.4 cm³/mol. The van der Waals surface area contributed by atoms with Gasteiger partial charge in [0.25, 0.3) is 0 Å². The van der Waals surface area contributed by atoms with Gasteiger partial charge in [-0.15, -0.1) is 0 Å². The second-order valence-electron chi connectivity index (χ2n) is 6.97. The molecule has 0 spiro atoms. The summed E-state index contributed by atoms with van der Waals surface area (Å²) < 4.78 is 7.83. The summed E-state index contributed by atoms with van der Waals surface area (Å²) in [5.74, 6) is 2.00. The number of hydrogen-bond acceptors (Lipinski definition) is 5. The van der Waals surface area contributed by atoms with E-state index in [1.54, 1.807) is 6.20 Å². The van der Waals surface area contributed by atoms with Crippen LogP contribution in [0.25, 0.3) is 11.4 Å². The first-order chi connectivity index (χ1) is 12.8. The van der Waals surface area contributed by atoms with E-state index in [-0.39, 0.29) is 0 Å². The second kappa shape index (κ2) is 7.83. The number of hydrogen-bond donors (Lipinski definition) is 0. The monoisotopic (exact) mass is 351 g/mol. The van der Waals surface area contributed by atoms with E-state index in [1.807, 2.05) is 30.5 Å². The van der Waals surface area contributed by atoms with Crippen LogP contribution in [0, 0.1) is 6.92 Å². The van der Waals surface area contributed by atoms with Gasteiger partial charge in [0.05, 0.1) is 12.2 Å². The van der Waals surface area contributed by atoms with Crippen molar-refractivity contribution in [3.63, 3.8) is 0 Å². The van der Waals surface area contributed by atoms with Crippen molar-refractivity contribution in [2.24, 2.45) is 0 Å². The van der Waals surface area contributed by atoms with Crippen LogP contribution < -0.4 is 0 Å². The molecule has 1 fully saturated rings. The first kappa shape index (κ1) is 17.0. The molecule has 0 radical (unpaired) electrons. The largest absolute Gasteiger partial charge is 0.359 e. The van der Waals surface area contributed by atoms with Crippen LogP contribution in [-0.2, 0) is 13.1 Å². The lowest BCUT2D eigenvalue weighted by molar-refractivity contribution is 0.116. The highest BCUT2D eigenvalue weighted by Crippen LogP contribution is 2.24. The maximum absolute atomic E-state index is 5.59. The molecule has 0 amide bonds. The van der Waals surface area contributed by atoms with E-state index in [1.165, 1.54) is 19.3 Å². The summed E-state index contributed by atoms with van der Waals surface area (Å²) in [6, 6.07) is 8.43. The first-order valence-corrected chi connectivity index (χ1v) is 9.38. The fraction of sp³-hybridized carbons (Fsp3) is 0.450. The molecular formula is C20H25N5O. The van der Waals surface area contributed by atoms with Crippen molar-refractivity contribution < 1.29 is 4.52 Å². The molecule has 4 heterocycles. The summed E-state index contributed by atoms with van der Waals surface area (Å²) in [6.45, 7) is 5.01. The third kappa shape index (κ3) is 3.85. The molecule has 1 unspecified atom stereocenters. The smallest absolute Gasteiger partial charge is 0.151 e. The van der Waals surface area contributed by atoms with Crippen molar-refractivity contribution in [2.45, 2.75) is 51.7 Å². The maximum atomic E-state index is 5.59. The fourth-order valence-electron chi connectivity index (χ4n) is 3.75. The number of pyridine rings is 1. The Hall–Kier alpha value is -2.47. The Morgan fingerprint density at radius 3 is 2.92 bits per heavy atom. The van der Waals surface area contributed by atoms with E-state index in [9.17, 15) is 0 Å². The molecule has 0 aliphatic carbocycles. The molecule has 0 aromatic carbocycles. The third-order valence-electron chi connectivity index (χ3n) is 5.22. The van der Waals surface area contributed by atoms with Crippen molar-refractivity contribution in [2.75, 3.05) is 6.54 Å². The summed E-state index contributed by atoms with van der Waals surface area (Å²) in [6.07, 6.45) is 10.7. The zero-order valence-corrected chi connectivity index (χ0v) is 15.2. The lowest BCUT2D eigenvalue weighted by Crippen LogP contribution is -2.39. The van der Waals surface area contributed by atoms with Gasteiger partial charge in [0, 0.05) is 37.2 Å². The summed E-state index contributed by atoms with van der Waals surface area (Å²) in [7, 11) is 0. The molecule has 1 aliphatic rings. The highest BCUT2D eigenvalue weighted by molar-refractivity contribution is 5.52. The molecule has 0 saturated carbocycles. The Morgan fingerprint density at radius 1 is 1.15 bits per heavy atom. The Balaban J connectivity index is 1.40. The van der Waals surface area contributed by atoms with Crippen LogP contribution in [0.15, 0.2) is 47.4 Å². The Bertz CT molecular complexity index is 826. The minimum Gasteiger partial charge on any atom is -0.359 e. The van der Waals surface area contributed by atoms with Crippen LogP contribution in [0.1, 0.15) is 37.3 Å². The minimum atomic E-state index is 0.578. The average molecular weight is 351 g/mol. The lowest BCUT2D eigenvalue weighted by atomic mass is 9.99. The Kier molecular flexibility index (Phi) is 5.11. The van der Waals surface area contributed by atoms with E-state index >= 15 is 0 Å². The molecule has 6 nitrogen and oxygen atoms in total. The zero-order valence-electron chi connectivity index (χ0n) is 15.2. The number of piperidine rings is 1. The number of aryl methyl sites for hydroxylation is 2. The van der Waals surface area contributed by atoms with Gasteiger partial charge in [-0.2, -0.15) is 0 Å². The van der Waals surface area contributed by atoms with E-state index in [4.69, 9.17) is 4.52 Å². The molecule has 6 heteroatoms. The SMILES string of the molecule is Cc1nccn1CCC1CCCCN1Cc1cc(-c2ccccn2)no1. The molecule has 0 N–H and O–H groups in total. The van der Waals surface area contributed by atoms with Crippen molar-refractivity contribution in [1.29, 1.82) is 0 Å². The van der Waals surface area contributed by atoms with Gasteiger partial charge < -0.3 is 9.09 Å². The molecule has 1 atom stereocenters. The van der Waals surface area contributed by atoms with Gasteiger partial charge in [-0.05, 0) is 44.9 Å². The lowest BCUT2D eigenvalue weighted by Gasteiger charge is -2.35. The van der Waals surface area contributed by atoms with Crippen molar-refractivity contribution >= 4 is 0 Å². The van der Waals surface area contributed by atoms with Crippen LogP contribution in [0.5, 0.6) is 0 Å². The van der Waals surface area contributed by atoms with Gasteiger partial charge in [-0.3, -0.25) is 9.88 Å². The normalized spacial score (nSPS) is 18.3. The molecule has 4 rings (SSSR count). The van der Waals surface area contributed by atoms with E-state index in [0.717, 1.165) is 49.0 Å². The zero-order chi connectivity index (χ0) is 17.8. The fourth-order valence-corrected chi connectivity index (χ4v) is 3.75. The molecule has 3 aromatic rings. The van der Waals surface area contributed by atoms with Crippen LogP contribution >= 0.6 is 0 Å². The number of rotatable bonds is 6. The van der Waals surface area contributed by atoms with Crippen molar-refractivity contribution in [1.82, 2.24) is 24.6 Å². The molecular weight excluding hydrogens is 326 g/mol. The van der Waals surface area contributed by atoms with Crippen molar-refractivity contribution in [3.8, 4) is 11.4 Å². The van der Waals surface area contributed by atoms with Gasteiger partial charge in [-0.1, -0.05) is 17.6 Å². The average Bonchev–Trinajstić information content (AvgIpc) is 3.31. The molecule has 26 heavy (non-hydrogen) atoms. The minimum absolute atomic E-state index is 0.578. The third-order valence-corrected chi connectivity index (χ3v) is 5.22. The Morgan fingerprint density at radius 2 is 2.12 bits per heavy atom. The number of aromatic nitrogens is 4.